The van der Waals surface area contributed by atoms with Crippen LogP contribution in [-0.4, -0.2) is 19.8 Å². The van der Waals surface area contributed by atoms with Crippen LogP contribution in [0.5, 0.6) is 0 Å². The van der Waals surface area contributed by atoms with Gasteiger partial charge in [0.25, 0.3) is 0 Å². The summed E-state index contributed by atoms with van der Waals surface area (Å²) in [7, 11) is 0.440. The van der Waals surface area contributed by atoms with E-state index >= 15 is 0 Å². The molecule has 2 fully saturated rings. The van der Waals surface area contributed by atoms with E-state index in [0.29, 0.717) is 7.47 Å². The normalized spacial score (nSPS) is 16.6. The van der Waals surface area contributed by atoms with Gasteiger partial charge in [0.2, 0.25) is 0 Å². The van der Waals surface area contributed by atoms with E-state index in [1.54, 1.807) is 51.4 Å². The molecule has 0 aromatic heterocycles. The van der Waals surface area contributed by atoms with Gasteiger partial charge in [-0.1, -0.05) is 51.6 Å². The molecule has 4 heteroatoms. The summed E-state index contributed by atoms with van der Waals surface area (Å²) in [5, 5.41) is 0. The Morgan fingerprint density at radius 2 is 1.04 bits per heavy atom. The molecule has 1 aromatic rings. The molecule has 0 bridgehead atoms. The van der Waals surface area contributed by atoms with Crippen LogP contribution in [0, 0.1) is 29.7 Å². The third-order valence-corrected chi connectivity index (χ3v) is 13.9. The first-order valence-electron chi connectivity index (χ1n) is 9.04. The van der Waals surface area contributed by atoms with Crippen molar-refractivity contribution in [1.29, 1.82) is 0 Å². The van der Waals surface area contributed by atoms with Crippen LogP contribution in [-0.2, 0) is 17.4 Å². The fourth-order valence-corrected chi connectivity index (χ4v) is 13.9. The van der Waals surface area contributed by atoms with Crippen LogP contribution >= 0.6 is 19.9 Å². The Morgan fingerprint density at radius 1 is 0.704 bits per heavy atom. The van der Waals surface area contributed by atoms with Gasteiger partial charge in [-0.2, -0.15) is 18.2 Å². The molecule has 0 atom stereocenters. The summed E-state index contributed by atoms with van der Waals surface area (Å²) in [6.45, 7) is 5.22. The number of hydrogen-bond acceptors (Lipinski definition) is 0. The molecular formula is C23H46ClCrPSi. The fraction of sp³-hybridized carbons (Fsp3) is 0.609. The van der Waals surface area contributed by atoms with Crippen LogP contribution in [0.25, 0.3) is 0 Å². The second-order valence-corrected chi connectivity index (χ2v) is 15.3. The van der Waals surface area contributed by atoms with E-state index in [9.17, 15) is 0 Å². The topological polar surface area (TPSA) is 0 Å². The summed E-state index contributed by atoms with van der Waals surface area (Å²) >= 11 is 0. The predicted octanol–water partition coefficient (Wildman–Crippen LogP) is 9.01. The summed E-state index contributed by atoms with van der Waals surface area (Å²) in [5.41, 5.74) is 2.38. The molecular weight excluding hydrogens is 423 g/mol. The minimum absolute atomic E-state index is 0. The van der Waals surface area contributed by atoms with E-state index < -0.39 is 0 Å². The van der Waals surface area contributed by atoms with E-state index in [0.717, 1.165) is 0 Å². The predicted molar refractivity (Wildman–Crippen MR) is 133 cm³/mol. The Labute approximate surface area is 193 Å². The van der Waals surface area contributed by atoms with Gasteiger partial charge in [-0.05, 0) is 37.0 Å². The minimum Gasteiger partial charge on any atom is -0.358 e. The molecule has 2 aliphatic rings. The second-order valence-electron chi connectivity index (χ2n) is 6.90. The van der Waals surface area contributed by atoms with E-state index in [1.165, 1.54) is 24.2 Å². The van der Waals surface area contributed by atoms with Crippen molar-refractivity contribution >= 4 is 28.3 Å². The molecule has 1 aromatic carbocycles. The average Bonchev–Trinajstić information content (AvgIpc) is 3.09. The first-order valence-corrected chi connectivity index (χ1v) is 13.9. The zero-order valence-corrected chi connectivity index (χ0v) is 22.9. The average molecular weight is 469 g/mol. The molecule has 0 aliphatic heterocycles. The SMILES string of the molecule is C[Si](C)P(C1CCCCC1)C1CCCCC1.Cl.[CH3-].[CH3-].[CH3-].[CH3-].[Cr+5].c1cc[cH-]c1. The molecule has 3 rings (SSSR count). The number of rotatable bonds is 3. The minimum atomic E-state index is -0.00595. The molecule has 0 amide bonds. The van der Waals surface area contributed by atoms with Crippen LogP contribution in [0.1, 0.15) is 64.2 Å². The van der Waals surface area contributed by atoms with Gasteiger partial charge in [-0.3, -0.25) is 0 Å². The van der Waals surface area contributed by atoms with Gasteiger partial charge in [0.1, 0.15) is 0 Å². The Bertz CT molecular complexity index is 312. The first-order chi connectivity index (χ1) is 10.3. The molecule has 160 valence electrons. The summed E-state index contributed by atoms with van der Waals surface area (Å²) < 4.78 is 0. The molecule has 0 nitrogen and oxygen atoms in total. The molecule has 27 heavy (non-hydrogen) atoms. The third kappa shape index (κ3) is 14.4. The van der Waals surface area contributed by atoms with Crippen molar-refractivity contribution in [3.05, 3.63) is 60.0 Å². The second kappa shape index (κ2) is 23.1. The van der Waals surface area contributed by atoms with Gasteiger partial charge in [0.15, 0.2) is 0 Å². The molecule has 2 aliphatic carbocycles. The van der Waals surface area contributed by atoms with Crippen molar-refractivity contribution in [3.63, 3.8) is 0 Å². The van der Waals surface area contributed by atoms with E-state index in [4.69, 9.17) is 0 Å². The zero-order valence-electron chi connectivity index (χ0n) is 18.9. The van der Waals surface area contributed by atoms with E-state index in [1.807, 2.05) is 30.3 Å². The van der Waals surface area contributed by atoms with Crippen molar-refractivity contribution in [3.8, 4) is 0 Å². The first kappa shape index (κ1) is 38.4. The van der Waals surface area contributed by atoms with Crippen LogP contribution in [0.15, 0.2) is 30.3 Å². The number of hydrogen-bond donors (Lipinski definition) is 0. The largest absolute Gasteiger partial charge is 5.00 e. The van der Waals surface area contributed by atoms with Crippen molar-refractivity contribution in [1.82, 2.24) is 0 Å². The quantitative estimate of drug-likeness (QED) is 0.236. The molecule has 0 heterocycles. The van der Waals surface area contributed by atoms with Gasteiger partial charge in [-0.25, -0.2) is 12.1 Å². The maximum atomic E-state index is 2.61. The Morgan fingerprint density at radius 3 is 1.26 bits per heavy atom. The van der Waals surface area contributed by atoms with E-state index in [2.05, 4.69) is 13.1 Å². The van der Waals surface area contributed by atoms with Crippen LogP contribution in [0.2, 0.25) is 13.1 Å². The maximum absolute atomic E-state index is 2.61. The Kier molecular flexibility index (Phi) is 32.9. The summed E-state index contributed by atoms with van der Waals surface area (Å²) in [6.07, 6.45) is 15.6. The van der Waals surface area contributed by atoms with Crippen molar-refractivity contribution < 1.29 is 17.4 Å². The van der Waals surface area contributed by atoms with Gasteiger partial charge in [-0.15, -0.1) is 19.9 Å². The molecule has 0 saturated heterocycles. The van der Waals surface area contributed by atoms with Crippen LogP contribution in [0.4, 0.5) is 0 Å². The third-order valence-electron chi connectivity index (χ3n) is 5.01. The van der Waals surface area contributed by atoms with Gasteiger partial charge < -0.3 is 29.7 Å². The van der Waals surface area contributed by atoms with Crippen LogP contribution in [0.3, 0.4) is 0 Å². The summed E-state index contributed by atoms with van der Waals surface area (Å²) in [4.78, 5) is 0. The summed E-state index contributed by atoms with van der Waals surface area (Å²) in [5.74, 6) is 0. The molecule has 0 spiro atoms. The van der Waals surface area contributed by atoms with E-state index in [-0.39, 0.29) is 67.9 Å². The number of halogens is 1. The molecule has 2 radical (unpaired) electrons. The standard InChI is InChI=1S/C14H28PSi.C5H5.4CH3.ClH.Cr/c1-16(2)15(13-9-5-3-6-10-13)14-11-7-4-8-12-14;1-2-4-5-3-1;;;;;;/h13-14H,3-12H2,1-2H3;1-5H;4*1H3;1H;/q;5*-1;;+5. The van der Waals surface area contributed by atoms with Gasteiger partial charge in [0, 0.05) is 0 Å². The smallest absolute Gasteiger partial charge is 0.358 e. The van der Waals surface area contributed by atoms with Crippen molar-refractivity contribution in [2.75, 3.05) is 0 Å². The molecule has 0 N–H and O–H groups in total. The van der Waals surface area contributed by atoms with Crippen molar-refractivity contribution in [2.24, 2.45) is 0 Å². The summed E-state index contributed by atoms with van der Waals surface area (Å²) in [6, 6.07) is 10.0. The Hall–Kier alpha value is 0.819. The fourth-order valence-electron chi connectivity index (χ4n) is 4.07. The Balaban J connectivity index is -0.000000130. The van der Waals surface area contributed by atoms with Gasteiger partial charge in [0.05, 0.1) is 8.46 Å². The van der Waals surface area contributed by atoms with Crippen molar-refractivity contribution in [2.45, 2.75) is 88.6 Å². The van der Waals surface area contributed by atoms with Crippen LogP contribution < -0.4 is 0 Å². The monoisotopic (exact) mass is 468 g/mol. The zero-order chi connectivity index (χ0) is 14.9. The maximum Gasteiger partial charge on any atom is 5.00 e. The van der Waals surface area contributed by atoms with Gasteiger partial charge >= 0.3 is 17.4 Å². The molecule has 2 saturated carbocycles. The molecule has 0 unspecified atom stereocenters.